The predicted octanol–water partition coefficient (Wildman–Crippen LogP) is 1.65. The van der Waals surface area contributed by atoms with Gasteiger partial charge < -0.3 is 0 Å². The number of halogens is 1. The van der Waals surface area contributed by atoms with Crippen LogP contribution in [-0.2, 0) is 20.8 Å². The van der Waals surface area contributed by atoms with Crippen LogP contribution in [0.1, 0.15) is 18.4 Å². The lowest BCUT2D eigenvalue weighted by Gasteiger charge is -2.06. The number of ketones is 2. The summed E-state index contributed by atoms with van der Waals surface area (Å²) in [5.41, 5.74) is 0.996. The molecule has 102 valence electrons. The molecule has 5 nitrogen and oxygen atoms in total. The molecule has 0 heterocycles. The van der Waals surface area contributed by atoms with Crippen molar-refractivity contribution in [2.75, 3.05) is 7.05 Å². The van der Waals surface area contributed by atoms with E-state index in [0.717, 1.165) is 12.6 Å². The Balaban J connectivity index is 2.41. The average Bonchev–Trinajstić information content (AvgIpc) is 2.39. The van der Waals surface area contributed by atoms with Crippen LogP contribution < -0.4 is 0 Å². The Kier molecular flexibility index (Phi) is 5.66. The number of Topliss-reactive ketones (excluding diaryl/α,β-unsaturated/α-hetero) is 2. The second-order valence-electron chi connectivity index (χ2n) is 4.06. The van der Waals surface area contributed by atoms with Crippen LogP contribution in [0.15, 0.2) is 24.3 Å². The summed E-state index contributed by atoms with van der Waals surface area (Å²) in [4.78, 5) is 33.7. The SMILES string of the molecule is CN(O)C(=O)C(=O)C(=O)CCCc1ccc(Cl)cc1. The summed E-state index contributed by atoms with van der Waals surface area (Å²) in [5, 5.41) is 9.51. The fourth-order valence-corrected chi connectivity index (χ4v) is 1.61. The van der Waals surface area contributed by atoms with Gasteiger partial charge in [-0.15, -0.1) is 0 Å². The Morgan fingerprint density at radius 1 is 1.21 bits per heavy atom. The van der Waals surface area contributed by atoms with E-state index >= 15 is 0 Å². The number of hydrogen-bond acceptors (Lipinski definition) is 4. The first-order valence-electron chi connectivity index (χ1n) is 5.70. The quantitative estimate of drug-likeness (QED) is 0.373. The fourth-order valence-electron chi connectivity index (χ4n) is 1.48. The third-order valence-corrected chi connectivity index (χ3v) is 2.78. The van der Waals surface area contributed by atoms with Crippen molar-refractivity contribution >= 4 is 29.1 Å². The molecule has 0 aliphatic rings. The molecule has 0 unspecified atom stereocenters. The topological polar surface area (TPSA) is 74.7 Å². The number of likely N-dealkylation sites (N-methyl/N-ethyl adjacent to an activating group) is 1. The molecule has 0 saturated heterocycles. The van der Waals surface area contributed by atoms with Gasteiger partial charge in [0, 0.05) is 18.5 Å². The zero-order valence-electron chi connectivity index (χ0n) is 10.4. The molecule has 1 amide bonds. The molecule has 0 fully saturated rings. The first kappa shape index (κ1) is 15.3. The Hall–Kier alpha value is -1.72. The van der Waals surface area contributed by atoms with E-state index in [1.165, 1.54) is 0 Å². The summed E-state index contributed by atoms with van der Waals surface area (Å²) < 4.78 is 0. The lowest BCUT2D eigenvalue weighted by molar-refractivity contribution is -0.166. The summed E-state index contributed by atoms with van der Waals surface area (Å²) in [7, 11) is 1.00. The van der Waals surface area contributed by atoms with Crippen molar-refractivity contribution in [2.24, 2.45) is 0 Å². The number of aryl methyl sites for hydroxylation is 1. The Morgan fingerprint density at radius 3 is 2.32 bits per heavy atom. The van der Waals surface area contributed by atoms with Gasteiger partial charge in [0.1, 0.15) is 0 Å². The lowest BCUT2D eigenvalue weighted by atomic mass is 10.0. The second kappa shape index (κ2) is 7.01. The van der Waals surface area contributed by atoms with Crippen molar-refractivity contribution in [2.45, 2.75) is 19.3 Å². The van der Waals surface area contributed by atoms with Crippen molar-refractivity contribution in [3.8, 4) is 0 Å². The van der Waals surface area contributed by atoms with E-state index < -0.39 is 17.5 Å². The average molecular weight is 284 g/mol. The molecule has 0 spiro atoms. The van der Waals surface area contributed by atoms with Crippen LogP contribution in [0.25, 0.3) is 0 Å². The van der Waals surface area contributed by atoms with Crippen molar-refractivity contribution in [1.82, 2.24) is 5.06 Å². The molecule has 0 aliphatic carbocycles. The Bertz CT molecular complexity index is 482. The van der Waals surface area contributed by atoms with E-state index in [1.54, 1.807) is 12.1 Å². The minimum atomic E-state index is -1.21. The zero-order valence-corrected chi connectivity index (χ0v) is 11.2. The van der Waals surface area contributed by atoms with Gasteiger partial charge in [0.2, 0.25) is 5.78 Å². The lowest BCUT2D eigenvalue weighted by Crippen LogP contribution is -2.35. The number of hydroxylamine groups is 2. The van der Waals surface area contributed by atoms with E-state index in [1.807, 2.05) is 12.1 Å². The van der Waals surface area contributed by atoms with E-state index in [4.69, 9.17) is 16.8 Å². The molecular formula is C13H14ClNO4. The van der Waals surface area contributed by atoms with Gasteiger partial charge in [-0.05, 0) is 30.5 Å². The van der Waals surface area contributed by atoms with Crippen LogP contribution in [0.2, 0.25) is 5.02 Å². The molecule has 6 heteroatoms. The number of hydrogen-bond donors (Lipinski definition) is 1. The van der Waals surface area contributed by atoms with Gasteiger partial charge in [-0.3, -0.25) is 19.6 Å². The van der Waals surface area contributed by atoms with Crippen LogP contribution in [0.4, 0.5) is 0 Å². The van der Waals surface area contributed by atoms with Crippen molar-refractivity contribution < 1.29 is 19.6 Å². The standard InChI is InChI=1S/C13H14ClNO4/c1-15(19)13(18)12(17)11(16)4-2-3-9-5-7-10(14)8-6-9/h5-8,19H,2-4H2,1H3. The number of carbonyl (C=O) groups excluding carboxylic acids is 3. The van der Waals surface area contributed by atoms with Crippen LogP contribution >= 0.6 is 11.6 Å². The normalized spacial score (nSPS) is 10.1. The maximum atomic E-state index is 11.4. The van der Waals surface area contributed by atoms with E-state index in [0.29, 0.717) is 17.9 Å². The predicted molar refractivity (Wildman–Crippen MR) is 69.0 cm³/mol. The molecule has 0 saturated carbocycles. The minimum absolute atomic E-state index is 0.0267. The minimum Gasteiger partial charge on any atom is -0.290 e. The first-order valence-corrected chi connectivity index (χ1v) is 6.08. The number of amides is 1. The zero-order chi connectivity index (χ0) is 14.4. The molecule has 1 rings (SSSR count). The van der Waals surface area contributed by atoms with E-state index in [9.17, 15) is 14.4 Å². The number of rotatable bonds is 6. The molecule has 0 radical (unpaired) electrons. The van der Waals surface area contributed by atoms with Crippen LogP contribution in [0.5, 0.6) is 0 Å². The van der Waals surface area contributed by atoms with Crippen LogP contribution in [0.3, 0.4) is 0 Å². The van der Waals surface area contributed by atoms with Crippen LogP contribution in [-0.4, -0.2) is 34.8 Å². The molecular weight excluding hydrogens is 270 g/mol. The van der Waals surface area contributed by atoms with Gasteiger partial charge in [0.15, 0.2) is 0 Å². The highest BCUT2D eigenvalue weighted by Gasteiger charge is 2.24. The summed E-state index contributed by atoms with van der Waals surface area (Å²) in [6, 6.07) is 7.16. The van der Waals surface area contributed by atoms with Crippen molar-refractivity contribution in [3.63, 3.8) is 0 Å². The second-order valence-corrected chi connectivity index (χ2v) is 4.50. The maximum Gasteiger partial charge on any atom is 0.321 e. The molecule has 1 aromatic carbocycles. The number of benzene rings is 1. The van der Waals surface area contributed by atoms with Gasteiger partial charge >= 0.3 is 5.91 Å². The number of carbonyl (C=O) groups is 3. The third-order valence-electron chi connectivity index (χ3n) is 2.52. The molecule has 19 heavy (non-hydrogen) atoms. The molecule has 0 atom stereocenters. The van der Waals surface area contributed by atoms with Gasteiger partial charge in [-0.2, -0.15) is 0 Å². The van der Waals surface area contributed by atoms with Gasteiger partial charge in [-0.1, -0.05) is 23.7 Å². The summed E-state index contributed by atoms with van der Waals surface area (Å²) in [6.45, 7) is 0. The highest BCUT2D eigenvalue weighted by Crippen LogP contribution is 2.11. The van der Waals surface area contributed by atoms with E-state index in [2.05, 4.69) is 0 Å². The van der Waals surface area contributed by atoms with Crippen molar-refractivity contribution in [3.05, 3.63) is 34.9 Å². The van der Waals surface area contributed by atoms with Gasteiger partial charge in [-0.25, -0.2) is 5.06 Å². The highest BCUT2D eigenvalue weighted by molar-refractivity contribution is 6.63. The third kappa shape index (κ3) is 4.81. The fraction of sp³-hybridized carbons (Fsp3) is 0.308. The molecule has 0 aliphatic heterocycles. The first-order chi connectivity index (χ1) is 8.91. The monoisotopic (exact) mass is 283 g/mol. The Labute approximate surface area is 115 Å². The van der Waals surface area contributed by atoms with E-state index in [-0.39, 0.29) is 11.5 Å². The van der Waals surface area contributed by atoms with Gasteiger partial charge in [0.05, 0.1) is 0 Å². The van der Waals surface area contributed by atoms with Gasteiger partial charge in [0.25, 0.3) is 5.78 Å². The molecule has 1 aromatic rings. The molecule has 0 bridgehead atoms. The van der Waals surface area contributed by atoms with Crippen LogP contribution in [0, 0.1) is 0 Å². The smallest absolute Gasteiger partial charge is 0.290 e. The largest absolute Gasteiger partial charge is 0.321 e. The summed E-state index contributed by atoms with van der Waals surface area (Å²) in [6.07, 6.45) is 1.04. The molecule has 0 aromatic heterocycles. The summed E-state index contributed by atoms with van der Waals surface area (Å²) >= 11 is 5.74. The Morgan fingerprint density at radius 2 is 1.79 bits per heavy atom. The van der Waals surface area contributed by atoms with Crippen molar-refractivity contribution in [1.29, 1.82) is 0 Å². The number of nitrogens with zero attached hydrogens (tertiary/aromatic N) is 1. The molecule has 1 N–H and O–H groups in total. The maximum absolute atomic E-state index is 11.4. The summed E-state index contributed by atoms with van der Waals surface area (Å²) in [5.74, 6) is -3.20. The highest BCUT2D eigenvalue weighted by atomic mass is 35.5.